The minimum atomic E-state index is -0.967. The molecule has 0 spiro atoms. The lowest BCUT2D eigenvalue weighted by Crippen LogP contribution is -2.44. The highest BCUT2D eigenvalue weighted by atomic mass is 16.4. The van der Waals surface area contributed by atoms with Crippen molar-refractivity contribution < 1.29 is 9.90 Å². The van der Waals surface area contributed by atoms with Crippen LogP contribution in [0.1, 0.15) is 10.4 Å². The fourth-order valence-electron chi connectivity index (χ4n) is 1.66. The maximum atomic E-state index is 10.8. The zero-order chi connectivity index (χ0) is 11.5. The number of carboxylic acids is 1. The third-order valence-corrected chi connectivity index (χ3v) is 2.72. The quantitative estimate of drug-likeness (QED) is 0.755. The largest absolute Gasteiger partial charge is 0.478 e. The molecule has 1 fully saturated rings. The molecule has 0 aromatic carbocycles. The van der Waals surface area contributed by atoms with Gasteiger partial charge in [0.2, 0.25) is 0 Å². The molecule has 0 aliphatic carbocycles. The van der Waals surface area contributed by atoms with E-state index in [9.17, 15) is 4.79 Å². The van der Waals surface area contributed by atoms with E-state index in [1.165, 1.54) is 6.20 Å². The van der Waals surface area contributed by atoms with Gasteiger partial charge in [0.05, 0.1) is 11.8 Å². The van der Waals surface area contributed by atoms with Crippen molar-refractivity contribution in [3.8, 4) is 0 Å². The van der Waals surface area contributed by atoms with Crippen LogP contribution in [0.25, 0.3) is 0 Å². The molecule has 16 heavy (non-hydrogen) atoms. The van der Waals surface area contributed by atoms with Crippen LogP contribution in [0, 0.1) is 0 Å². The first-order chi connectivity index (χ1) is 7.66. The number of aromatic nitrogens is 2. The number of hydrogen-bond acceptors (Lipinski definition) is 5. The van der Waals surface area contributed by atoms with E-state index < -0.39 is 5.97 Å². The number of likely N-dealkylation sites (N-methyl/N-ethyl adjacent to an activating group) is 1. The average Bonchev–Trinajstić information content (AvgIpc) is 2.30. The normalized spacial score (nSPS) is 17.4. The molecule has 1 aromatic rings. The summed E-state index contributed by atoms with van der Waals surface area (Å²) in [6.07, 6.45) is 1.27. The van der Waals surface area contributed by atoms with Crippen molar-refractivity contribution in [2.75, 3.05) is 38.1 Å². The molecule has 0 radical (unpaired) electrons. The van der Waals surface area contributed by atoms with Crippen LogP contribution in [-0.2, 0) is 0 Å². The Bertz CT molecular complexity index is 388. The van der Waals surface area contributed by atoms with Crippen molar-refractivity contribution in [1.82, 2.24) is 15.1 Å². The Morgan fingerprint density at radius 2 is 2.06 bits per heavy atom. The van der Waals surface area contributed by atoms with Crippen molar-refractivity contribution in [2.45, 2.75) is 0 Å². The van der Waals surface area contributed by atoms with Crippen LogP contribution in [0.5, 0.6) is 0 Å². The first-order valence-corrected chi connectivity index (χ1v) is 5.16. The molecule has 1 aliphatic heterocycles. The number of carboxylic acid groups (broad SMARTS) is 1. The maximum absolute atomic E-state index is 10.8. The Hall–Kier alpha value is -1.69. The van der Waals surface area contributed by atoms with Gasteiger partial charge in [0.15, 0.2) is 5.82 Å². The molecule has 1 N–H and O–H groups in total. The van der Waals surface area contributed by atoms with E-state index in [0.717, 1.165) is 26.2 Å². The van der Waals surface area contributed by atoms with Gasteiger partial charge in [-0.05, 0) is 13.1 Å². The molecule has 0 bridgehead atoms. The minimum Gasteiger partial charge on any atom is -0.478 e. The summed E-state index contributed by atoms with van der Waals surface area (Å²) in [7, 11) is 2.07. The molecule has 86 valence electrons. The SMILES string of the molecule is CN1CCN(c2cc(C(=O)O)cnn2)CC1. The van der Waals surface area contributed by atoms with E-state index in [1.807, 2.05) is 0 Å². The summed E-state index contributed by atoms with van der Waals surface area (Å²) in [5.74, 6) is -0.321. The van der Waals surface area contributed by atoms with Crippen molar-refractivity contribution in [1.29, 1.82) is 0 Å². The Labute approximate surface area is 93.5 Å². The summed E-state index contributed by atoms with van der Waals surface area (Å²) in [6, 6.07) is 1.57. The smallest absolute Gasteiger partial charge is 0.337 e. The molecule has 1 saturated heterocycles. The number of nitrogens with zero attached hydrogens (tertiary/aromatic N) is 4. The summed E-state index contributed by atoms with van der Waals surface area (Å²) < 4.78 is 0. The van der Waals surface area contributed by atoms with Crippen LogP contribution in [0.15, 0.2) is 12.3 Å². The van der Waals surface area contributed by atoms with Gasteiger partial charge >= 0.3 is 5.97 Å². The molecule has 2 rings (SSSR count). The van der Waals surface area contributed by atoms with E-state index in [1.54, 1.807) is 6.07 Å². The maximum Gasteiger partial charge on any atom is 0.337 e. The standard InChI is InChI=1S/C10H14N4O2/c1-13-2-4-14(5-3-13)9-6-8(10(15)16)7-11-12-9/h6-7H,2-5H2,1H3,(H,15,16). The second-order valence-corrected chi connectivity index (χ2v) is 3.90. The highest BCUT2D eigenvalue weighted by Crippen LogP contribution is 2.13. The van der Waals surface area contributed by atoms with Gasteiger partial charge < -0.3 is 14.9 Å². The number of rotatable bonds is 2. The van der Waals surface area contributed by atoms with Crippen LogP contribution >= 0.6 is 0 Å². The first-order valence-electron chi connectivity index (χ1n) is 5.16. The van der Waals surface area contributed by atoms with Gasteiger partial charge in [0, 0.05) is 26.2 Å². The monoisotopic (exact) mass is 222 g/mol. The number of carbonyl (C=O) groups is 1. The van der Waals surface area contributed by atoms with Gasteiger partial charge in [-0.2, -0.15) is 5.10 Å². The molecule has 0 unspecified atom stereocenters. The van der Waals surface area contributed by atoms with Crippen molar-refractivity contribution >= 4 is 11.8 Å². The summed E-state index contributed by atoms with van der Waals surface area (Å²) >= 11 is 0. The van der Waals surface area contributed by atoms with Crippen molar-refractivity contribution in [2.24, 2.45) is 0 Å². The van der Waals surface area contributed by atoms with E-state index in [0.29, 0.717) is 5.82 Å². The van der Waals surface area contributed by atoms with E-state index in [2.05, 4.69) is 27.0 Å². The Morgan fingerprint density at radius 1 is 1.38 bits per heavy atom. The van der Waals surface area contributed by atoms with Gasteiger partial charge in [0.25, 0.3) is 0 Å². The highest BCUT2D eigenvalue weighted by molar-refractivity contribution is 5.87. The van der Waals surface area contributed by atoms with Crippen LogP contribution in [0.2, 0.25) is 0 Å². The predicted molar refractivity (Wildman–Crippen MR) is 58.7 cm³/mol. The second kappa shape index (κ2) is 4.44. The molecule has 6 nitrogen and oxygen atoms in total. The molecule has 0 amide bonds. The third-order valence-electron chi connectivity index (χ3n) is 2.72. The zero-order valence-corrected chi connectivity index (χ0v) is 9.13. The topological polar surface area (TPSA) is 69.6 Å². The molecular weight excluding hydrogens is 208 g/mol. The van der Waals surface area contributed by atoms with Gasteiger partial charge in [-0.1, -0.05) is 0 Å². The van der Waals surface area contributed by atoms with Crippen molar-refractivity contribution in [3.63, 3.8) is 0 Å². The van der Waals surface area contributed by atoms with Gasteiger partial charge in [-0.25, -0.2) is 4.79 Å². The van der Waals surface area contributed by atoms with Gasteiger partial charge in [-0.3, -0.25) is 0 Å². The lowest BCUT2D eigenvalue weighted by Gasteiger charge is -2.32. The second-order valence-electron chi connectivity index (χ2n) is 3.90. The Kier molecular flexibility index (Phi) is 3.00. The molecule has 1 aromatic heterocycles. The minimum absolute atomic E-state index is 0.184. The number of piperazine rings is 1. The average molecular weight is 222 g/mol. The predicted octanol–water partition coefficient (Wildman–Crippen LogP) is -0.0734. The van der Waals surface area contributed by atoms with Gasteiger partial charge in [0.1, 0.15) is 0 Å². The van der Waals surface area contributed by atoms with Crippen LogP contribution in [0.3, 0.4) is 0 Å². The first kappa shape index (κ1) is 10.8. The lowest BCUT2D eigenvalue weighted by molar-refractivity contribution is 0.0696. The molecule has 1 aliphatic rings. The number of aromatic carboxylic acids is 1. The van der Waals surface area contributed by atoms with Crippen LogP contribution < -0.4 is 4.90 Å². The Morgan fingerprint density at radius 3 is 2.69 bits per heavy atom. The summed E-state index contributed by atoms with van der Waals surface area (Å²) in [6.45, 7) is 3.63. The molecule has 0 atom stereocenters. The third kappa shape index (κ3) is 2.27. The molecule has 2 heterocycles. The fraction of sp³-hybridized carbons (Fsp3) is 0.500. The summed E-state index contributed by atoms with van der Waals surface area (Å²) in [4.78, 5) is 15.1. The molecule has 6 heteroatoms. The van der Waals surface area contributed by atoms with E-state index in [4.69, 9.17) is 5.11 Å². The van der Waals surface area contributed by atoms with E-state index in [-0.39, 0.29) is 5.56 Å². The molecular formula is C10H14N4O2. The van der Waals surface area contributed by atoms with Crippen LogP contribution in [0.4, 0.5) is 5.82 Å². The molecule has 0 saturated carbocycles. The van der Waals surface area contributed by atoms with E-state index >= 15 is 0 Å². The Balaban J connectivity index is 2.14. The van der Waals surface area contributed by atoms with Crippen LogP contribution in [-0.4, -0.2) is 59.4 Å². The summed E-state index contributed by atoms with van der Waals surface area (Å²) in [5.41, 5.74) is 0.184. The van der Waals surface area contributed by atoms with Gasteiger partial charge in [-0.15, -0.1) is 5.10 Å². The number of anilines is 1. The zero-order valence-electron chi connectivity index (χ0n) is 9.13. The van der Waals surface area contributed by atoms with Crippen molar-refractivity contribution in [3.05, 3.63) is 17.8 Å². The highest BCUT2D eigenvalue weighted by Gasteiger charge is 2.16. The fourth-order valence-corrected chi connectivity index (χ4v) is 1.66. The summed E-state index contributed by atoms with van der Waals surface area (Å²) in [5, 5.41) is 16.5. The lowest BCUT2D eigenvalue weighted by atomic mass is 10.2. The number of hydrogen-bond donors (Lipinski definition) is 1.